The van der Waals surface area contributed by atoms with Gasteiger partial charge in [-0.05, 0) is 31.9 Å². The van der Waals surface area contributed by atoms with Crippen LogP contribution in [0.2, 0.25) is 0 Å². The molecule has 108 valence electrons. The highest BCUT2D eigenvalue weighted by atomic mass is 35.5. The maximum Gasteiger partial charge on any atom is 0.433 e. The van der Waals surface area contributed by atoms with Crippen molar-refractivity contribution in [1.29, 1.82) is 0 Å². The molecule has 0 N–H and O–H groups in total. The number of carbonyl (C=O) groups excluding carboxylic acids is 1. The van der Waals surface area contributed by atoms with Gasteiger partial charge in [-0.1, -0.05) is 12.1 Å². The van der Waals surface area contributed by atoms with Crippen molar-refractivity contribution in [3.05, 3.63) is 34.6 Å². The SMILES string of the molecule is CCOC(=O)n1c2ccccc2c(=O)n1CCCCCl. The van der Waals surface area contributed by atoms with Gasteiger partial charge in [0.25, 0.3) is 5.56 Å². The summed E-state index contributed by atoms with van der Waals surface area (Å²) < 4.78 is 7.78. The third kappa shape index (κ3) is 2.72. The second-order valence-electron chi connectivity index (χ2n) is 4.35. The number of hydrogen-bond acceptors (Lipinski definition) is 3. The molecule has 1 heterocycles. The van der Waals surface area contributed by atoms with E-state index in [1.807, 2.05) is 0 Å². The summed E-state index contributed by atoms with van der Waals surface area (Å²) in [4.78, 5) is 24.4. The fourth-order valence-electron chi connectivity index (χ4n) is 2.14. The molecule has 0 fully saturated rings. The van der Waals surface area contributed by atoms with E-state index in [9.17, 15) is 9.59 Å². The van der Waals surface area contributed by atoms with Crippen molar-refractivity contribution >= 4 is 28.6 Å². The van der Waals surface area contributed by atoms with Gasteiger partial charge in [-0.15, -0.1) is 11.6 Å². The number of unbranched alkanes of at least 4 members (excludes halogenated alkanes) is 1. The first-order valence-electron chi connectivity index (χ1n) is 6.64. The highest BCUT2D eigenvalue weighted by molar-refractivity contribution is 6.17. The monoisotopic (exact) mass is 296 g/mol. The lowest BCUT2D eigenvalue weighted by Gasteiger charge is -2.10. The van der Waals surface area contributed by atoms with Crippen LogP contribution in [0, 0.1) is 0 Å². The second-order valence-corrected chi connectivity index (χ2v) is 4.73. The lowest BCUT2D eigenvalue weighted by atomic mass is 10.2. The van der Waals surface area contributed by atoms with Gasteiger partial charge in [-0.25, -0.2) is 9.48 Å². The minimum Gasteiger partial charge on any atom is -0.448 e. The van der Waals surface area contributed by atoms with Gasteiger partial charge in [0.2, 0.25) is 0 Å². The minimum absolute atomic E-state index is 0.178. The van der Waals surface area contributed by atoms with E-state index in [1.54, 1.807) is 31.2 Å². The molecule has 2 aromatic rings. The lowest BCUT2D eigenvalue weighted by molar-refractivity contribution is 0.146. The topological polar surface area (TPSA) is 53.2 Å². The average Bonchev–Trinajstić information content (AvgIpc) is 2.73. The molecule has 0 radical (unpaired) electrons. The normalized spacial score (nSPS) is 10.9. The van der Waals surface area contributed by atoms with E-state index < -0.39 is 6.09 Å². The number of aromatic nitrogens is 2. The molecular weight excluding hydrogens is 280 g/mol. The molecule has 6 heteroatoms. The Labute approximate surface area is 121 Å². The molecule has 1 aromatic heterocycles. The Balaban J connectivity index is 2.52. The number of nitrogens with zero attached hydrogens (tertiary/aromatic N) is 2. The predicted molar refractivity (Wildman–Crippen MR) is 78.6 cm³/mol. The van der Waals surface area contributed by atoms with E-state index in [2.05, 4.69) is 0 Å². The zero-order chi connectivity index (χ0) is 14.5. The molecule has 0 aliphatic carbocycles. The van der Waals surface area contributed by atoms with Crippen molar-refractivity contribution in [3.8, 4) is 0 Å². The van der Waals surface area contributed by atoms with Gasteiger partial charge in [0.1, 0.15) is 0 Å². The van der Waals surface area contributed by atoms with E-state index >= 15 is 0 Å². The van der Waals surface area contributed by atoms with Crippen molar-refractivity contribution in [2.75, 3.05) is 12.5 Å². The minimum atomic E-state index is -0.531. The number of rotatable bonds is 5. The Kier molecular flexibility index (Phi) is 4.84. The highest BCUT2D eigenvalue weighted by Gasteiger charge is 2.18. The zero-order valence-electron chi connectivity index (χ0n) is 11.3. The van der Waals surface area contributed by atoms with Gasteiger partial charge >= 0.3 is 6.09 Å². The first-order valence-corrected chi connectivity index (χ1v) is 7.17. The van der Waals surface area contributed by atoms with Gasteiger partial charge in [-0.2, -0.15) is 4.68 Å². The number of para-hydroxylation sites is 1. The van der Waals surface area contributed by atoms with E-state index in [0.717, 1.165) is 12.8 Å². The maximum absolute atomic E-state index is 12.4. The molecular formula is C14H17ClN2O3. The third-order valence-corrected chi connectivity index (χ3v) is 3.30. The molecule has 0 spiro atoms. The number of ether oxygens (including phenoxy) is 1. The van der Waals surface area contributed by atoms with Crippen LogP contribution >= 0.6 is 11.6 Å². The molecule has 0 atom stereocenters. The highest BCUT2D eigenvalue weighted by Crippen LogP contribution is 2.12. The lowest BCUT2D eigenvalue weighted by Crippen LogP contribution is -2.28. The number of fused-ring (bicyclic) bond motifs is 1. The molecule has 20 heavy (non-hydrogen) atoms. The van der Waals surface area contributed by atoms with E-state index in [4.69, 9.17) is 16.3 Å². The Bertz CT molecular complexity index is 660. The number of hydrogen-bond donors (Lipinski definition) is 0. The van der Waals surface area contributed by atoms with Gasteiger partial charge in [-0.3, -0.25) is 4.79 Å². The van der Waals surface area contributed by atoms with Gasteiger partial charge in [0.05, 0.1) is 17.5 Å². The number of benzene rings is 1. The van der Waals surface area contributed by atoms with Gasteiger partial charge in [0.15, 0.2) is 0 Å². The van der Waals surface area contributed by atoms with Crippen molar-refractivity contribution < 1.29 is 9.53 Å². The quantitative estimate of drug-likeness (QED) is 0.630. The Morgan fingerprint density at radius 3 is 2.75 bits per heavy atom. The molecule has 2 rings (SSSR count). The number of carbonyl (C=O) groups is 1. The van der Waals surface area contributed by atoms with Crippen molar-refractivity contribution in [2.24, 2.45) is 0 Å². The molecule has 0 unspecified atom stereocenters. The second kappa shape index (κ2) is 6.61. The molecule has 0 aliphatic rings. The molecule has 5 nitrogen and oxygen atoms in total. The summed E-state index contributed by atoms with van der Waals surface area (Å²) in [6.07, 6.45) is 0.994. The molecule has 0 saturated heterocycles. The largest absolute Gasteiger partial charge is 0.448 e. The van der Waals surface area contributed by atoms with E-state index in [-0.39, 0.29) is 12.2 Å². The Morgan fingerprint density at radius 1 is 1.30 bits per heavy atom. The van der Waals surface area contributed by atoms with Crippen LogP contribution in [0.4, 0.5) is 4.79 Å². The van der Waals surface area contributed by atoms with Crippen LogP contribution in [0.1, 0.15) is 19.8 Å². The van der Waals surface area contributed by atoms with Crippen LogP contribution in [0.15, 0.2) is 29.1 Å². The molecule has 0 saturated carbocycles. The molecule has 0 aliphatic heterocycles. The molecule has 0 bridgehead atoms. The first kappa shape index (κ1) is 14.7. The van der Waals surface area contributed by atoms with Gasteiger partial charge in [0, 0.05) is 12.4 Å². The van der Waals surface area contributed by atoms with Crippen LogP contribution in [0.25, 0.3) is 10.9 Å². The van der Waals surface area contributed by atoms with Crippen LogP contribution in [0.5, 0.6) is 0 Å². The first-order chi connectivity index (χ1) is 9.70. The fourth-order valence-corrected chi connectivity index (χ4v) is 2.33. The van der Waals surface area contributed by atoms with Gasteiger partial charge < -0.3 is 4.74 Å². The zero-order valence-corrected chi connectivity index (χ0v) is 12.1. The maximum atomic E-state index is 12.4. The Morgan fingerprint density at radius 2 is 2.05 bits per heavy atom. The van der Waals surface area contributed by atoms with Crippen LogP contribution in [-0.4, -0.2) is 27.9 Å². The summed E-state index contributed by atoms with van der Waals surface area (Å²) in [5.41, 5.74) is 0.394. The molecule has 1 aromatic carbocycles. The van der Waals surface area contributed by atoms with Crippen LogP contribution in [0.3, 0.4) is 0 Å². The predicted octanol–water partition coefficient (Wildman–Crippen LogP) is 2.83. The standard InChI is InChI=1S/C14H17ClN2O3/c1-2-20-14(19)17-12-8-4-3-7-11(12)13(18)16(17)10-6-5-9-15/h3-4,7-8H,2,5-6,9-10H2,1H3. The van der Waals surface area contributed by atoms with Crippen molar-refractivity contribution in [3.63, 3.8) is 0 Å². The van der Waals surface area contributed by atoms with Crippen molar-refractivity contribution in [2.45, 2.75) is 26.3 Å². The third-order valence-electron chi connectivity index (χ3n) is 3.03. The summed E-state index contributed by atoms with van der Waals surface area (Å²) in [7, 11) is 0. The van der Waals surface area contributed by atoms with Crippen LogP contribution < -0.4 is 5.56 Å². The summed E-state index contributed by atoms with van der Waals surface area (Å²) in [6.45, 7) is 2.44. The summed E-state index contributed by atoms with van der Waals surface area (Å²) in [6, 6.07) is 7.03. The van der Waals surface area contributed by atoms with E-state index in [0.29, 0.717) is 23.3 Å². The summed E-state index contributed by atoms with van der Waals surface area (Å²) in [5, 5.41) is 0.520. The summed E-state index contributed by atoms with van der Waals surface area (Å²) >= 11 is 5.65. The summed E-state index contributed by atoms with van der Waals surface area (Å²) in [5.74, 6) is 0.536. The number of halogens is 1. The number of alkyl halides is 1. The average molecular weight is 297 g/mol. The van der Waals surface area contributed by atoms with Crippen LogP contribution in [-0.2, 0) is 11.3 Å². The molecule has 0 amide bonds. The fraction of sp³-hybridized carbons (Fsp3) is 0.429. The van der Waals surface area contributed by atoms with E-state index in [1.165, 1.54) is 9.36 Å². The Hall–Kier alpha value is -1.75. The van der Waals surface area contributed by atoms with Crippen molar-refractivity contribution in [1.82, 2.24) is 9.36 Å². The smallest absolute Gasteiger partial charge is 0.433 e.